The molecule has 148 valence electrons. The van der Waals surface area contributed by atoms with Crippen molar-refractivity contribution in [2.75, 3.05) is 26.2 Å². The van der Waals surface area contributed by atoms with Crippen LogP contribution in [-0.2, 0) is 10.0 Å². The van der Waals surface area contributed by atoms with Gasteiger partial charge in [-0.1, -0.05) is 0 Å². The lowest BCUT2D eigenvalue weighted by atomic mass is 9.86. The molecule has 28 heavy (non-hydrogen) atoms. The van der Waals surface area contributed by atoms with Crippen molar-refractivity contribution >= 4 is 21.8 Å². The second-order valence-corrected chi connectivity index (χ2v) is 9.10. The average Bonchev–Trinajstić information content (AvgIpc) is 3.42. The number of carbonyl (C=O) groups is 2. The van der Waals surface area contributed by atoms with Crippen LogP contribution in [0.1, 0.15) is 33.6 Å². The Morgan fingerprint density at radius 3 is 2.00 bits per heavy atom. The van der Waals surface area contributed by atoms with E-state index in [2.05, 4.69) is 0 Å². The van der Waals surface area contributed by atoms with Gasteiger partial charge < -0.3 is 14.2 Å². The largest absolute Gasteiger partial charge is 0.472 e. The third-order valence-electron chi connectivity index (χ3n) is 5.65. The molecule has 0 aliphatic carbocycles. The Hall–Kier alpha value is -2.65. The van der Waals surface area contributed by atoms with E-state index in [0.29, 0.717) is 37.3 Å². The lowest BCUT2D eigenvalue weighted by Crippen LogP contribution is -2.35. The number of sulfonamides is 1. The van der Waals surface area contributed by atoms with Gasteiger partial charge in [-0.05, 0) is 43.2 Å². The molecule has 9 heteroatoms. The fourth-order valence-corrected chi connectivity index (χ4v) is 4.60. The highest BCUT2D eigenvalue weighted by molar-refractivity contribution is 7.89. The van der Waals surface area contributed by atoms with Crippen LogP contribution >= 0.6 is 0 Å². The van der Waals surface area contributed by atoms with E-state index in [1.807, 2.05) is 4.90 Å². The van der Waals surface area contributed by atoms with Gasteiger partial charge in [0.15, 0.2) is 0 Å². The minimum absolute atomic E-state index is 0.0221. The fourth-order valence-electron chi connectivity index (χ4n) is 4.09. The molecule has 0 bridgehead atoms. The maximum Gasteiger partial charge on any atom is 0.257 e. The van der Waals surface area contributed by atoms with Crippen LogP contribution in [-0.4, -0.2) is 56.2 Å². The van der Waals surface area contributed by atoms with Crippen LogP contribution in [0.5, 0.6) is 0 Å². The average molecular weight is 403 g/mol. The predicted molar refractivity (Wildman–Crippen MR) is 100.0 cm³/mol. The molecule has 2 aliphatic rings. The Labute approximate surface area is 162 Å². The molecule has 2 fully saturated rings. The van der Waals surface area contributed by atoms with E-state index in [1.54, 1.807) is 11.0 Å². The Balaban J connectivity index is 1.43. The molecule has 2 saturated heterocycles. The van der Waals surface area contributed by atoms with Crippen molar-refractivity contribution in [3.8, 4) is 0 Å². The van der Waals surface area contributed by atoms with Crippen molar-refractivity contribution in [1.82, 2.24) is 9.80 Å². The van der Waals surface area contributed by atoms with Crippen molar-refractivity contribution < 1.29 is 22.4 Å². The zero-order valence-corrected chi connectivity index (χ0v) is 16.0. The molecule has 0 radical (unpaired) electrons. The van der Waals surface area contributed by atoms with Crippen molar-refractivity contribution in [3.05, 3.63) is 54.0 Å². The zero-order valence-electron chi connectivity index (χ0n) is 15.2. The number of hydrogen-bond acceptors (Lipinski definition) is 5. The molecule has 1 aromatic carbocycles. The summed E-state index contributed by atoms with van der Waals surface area (Å²) in [7, 11) is -3.78. The molecule has 2 aromatic rings. The number of rotatable bonds is 3. The third-order valence-corrected chi connectivity index (χ3v) is 6.58. The molecule has 1 atom stereocenters. The number of nitrogens with zero attached hydrogens (tertiary/aromatic N) is 2. The van der Waals surface area contributed by atoms with Crippen molar-refractivity contribution in [2.45, 2.75) is 17.7 Å². The molecule has 8 nitrogen and oxygen atoms in total. The van der Waals surface area contributed by atoms with Crippen LogP contribution in [0.3, 0.4) is 0 Å². The Kier molecular flexibility index (Phi) is 4.51. The van der Waals surface area contributed by atoms with Crippen molar-refractivity contribution in [3.63, 3.8) is 0 Å². The number of benzene rings is 1. The summed E-state index contributed by atoms with van der Waals surface area (Å²) in [5, 5.41) is 5.09. The number of nitrogens with two attached hydrogens (primary N) is 1. The van der Waals surface area contributed by atoms with Gasteiger partial charge in [0.25, 0.3) is 11.8 Å². The van der Waals surface area contributed by atoms with Crippen molar-refractivity contribution in [2.24, 2.45) is 10.6 Å². The summed E-state index contributed by atoms with van der Waals surface area (Å²) in [4.78, 5) is 28.9. The normalized spacial score (nSPS) is 22.2. The van der Waals surface area contributed by atoms with E-state index < -0.39 is 10.0 Å². The van der Waals surface area contributed by atoms with Gasteiger partial charge in [0.2, 0.25) is 10.0 Å². The van der Waals surface area contributed by atoms with Gasteiger partial charge in [-0.15, -0.1) is 0 Å². The van der Waals surface area contributed by atoms with Crippen LogP contribution in [0.2, 0.25) is 0 Å². The van der Waals surface area contributed by atoms with Crippen LogP contribution in [0.4, 0.5) is 0 Å². The lowest BCUT2D eigenvalue weighted by molar-refractivity contribution is 0.0755. The fraction of sp³-hybridized carbons (Fsp3) is 0.368. The van der Waals surface area contributed by atoms with E-state index in [1.165, 1.54) is 36.8 Å². The lowest BCUT2D eigenvalue weighted by Gasteiger charge is -2.24. The first-order valence-electron chi connectivity index (χ1n) is 9.01. The first-order valence-corrected chi connectivity index (χ1v) is 10.6. The summed E-state index contributed by atoms with van der Waals surface area (Å²) in [6.45, 7) is 2.47. The van der Waals surface area contributed by atoms with Gasteiger partial charge in [-0.25, -0.2) is 13.6 Å². The Bertz CT molecular complexity index is 1000. The van der Waals surface area contributed by atoms with E-state index in [9.17, 15) is 18.0 Å². The van der Waals surface area contributed by atoms with E-state index in [0.717, 1.165) is 12.8 Å². The molecule has 3 heterocycles. The maximum atomic E-state index is 12.8. The molecule has 2 amide bonds. The number of carbonyl (C=O) groups excluding carboxylic acids is 2. The highest BCUT2D eigenvalue weighted by Crippen LogP contribution is 2.40. The van der Waals surface area contributed by atoms with E-state index in [4.69, 9.17) is 9.56 Å². The molecule has 0 saturated carbocycles. The number of likely N-dealkylation sites (tertiary alicyclic amines) is 2. The topological polar surface area (TPSA) is 114 Å². The summed E-state index contributed by atoms with van der Waals surface area (Å²) in [6, 6.07) is 7.31. The smallest absolute Gasteiger partial charge is 0.257 e. The molecule has 1 aromatic heterocycles. The zero-order chi connectivity index (χ0) is 19.9. The Morgan fingerprint density at radius 2 is 1.50 bits per heavy atom. The molecule has 1 unspecified atom stereocenters. The van der Waals surface area contributed by atoms with Gasteiger partial charge >= 0.3 is 0 Å². The van der Waals surface area contributed by atoms with E-state index >= 15 is 0 Å². The Morgan fingerprint density at radius 1 is 0.929 bits per heavy atom. The molecule has 1 spiro atoms. The second-order valence-electron chi connectivity index (χ2n) is 7.53. The maximum absolute atomic E-state index is 12.8. The molecular weight excluding hydrogens is 382 g/mol. The summed E-state index contributed by atoms with van der Waals surface area (Å²) in [5.74, 6) is -0.188. The summed E-state index contributed by atoms with van der Waals surface area (Å²) in [6.07, 6.45) is 4.62. The minimum atomic E-state index is -3.78. The number of amides is 2. The standard InChI is InChI=1S/C19H21N3O5S/c20-28(25,26)16-3-1-14(2-4-16)17(23)21-8-6-19(12-21)7-9-22(13-19)18(24)15-5-10-27-11-15/h1-5,10-11H,6-9,12-13H2,(H2,20,25,26). The summed E-state index contributed by atoms with van der Waals surface area (Å²) >= 11 is 0. The first-order chi connectivity index (χ1) is 13.3. The number of furan rings is 1. The van der Waals surface area contributed by atoms with Gasteiger partial charge in [-0.2, -0.15) is 0 Å². The monoisotopic (exact) mass is 403 g/mol. The highest BCUT2D eigenvalue weighted by Gasteiger charge is 2.46. The van der Waals surface area contributed by atoms with Crippen LogP contribution in [0.15, 0.2) is 52.2 Å². The van der Waals surface area contributed by atoms with Gasteiger partial charge in [0.1, 0.15) is 6.26 Å². The predicted octanol–water partition coefficient (Wildman–Crippen LogP) is 1.31. The SMILES string of the molecule is NS(=O)(=O)c1ccc(C(=O)N2CCC3(CCN(C(=O)c4ccoc4)C3)C2)cc1. The van der Waals surface area contributed by atoms with Gasteiger partial charge in [0.05, 0.1) is 16.7 Å². The van der Waals surface area contributed by atoms with Gasteiger partial charge in [-0.3, -0.25) is 9.59 Å². The third kappa shape index (κ3) is 3.43. The van der Waals surface area contributed by atoms with Crippen molar-refractivity contribution in [1.29, 1.82) is 0 Å². The summed E-state index contributed by atoms with van der Waals surface area (Å²) in [5.41, 5.74) is 0.877. The molecular formula is C19H21N3O5S. The summed E-state index contributed by atoms with van der Waals surface area (Å²) < 4.78 is 27.7. The second kappa shape index (κ2) is 6.75. The quantitative estimate of drug-likeness (QED) is 0.830. The minimum Gasteiger partial charge on any atom is -0.472 e. The molecule has 2 aliphatic heterocycles. The van der Waals surface area contributed by atoms with E-state index in [-0.39, 0.29) is 22.1 Å². The number of primary sulfonamides is 1. The molecule has 4 rings (SSSR count). The van der Waals surface area contributed by atoms with Crippen LogP contribution < -0.4 is 5.14 Å². The highest BCUT2D eigenvalue weighted by atomic mass is 32.2. The first kappa shape index (κ1) is 18.7. The molecule has 2 N–H and O–H groups in total. The van der Waals surface area contributed by atoms with Crippen LogP contribution in [0.25, 0.3) is 0 Å². The van der Waals surface area contributed by atoms with Crippen LogP contribution in [0, 0.1) is 5.41 Å². The van der Waals surface area contributed by atoms with Gasteiger partial charge in [0, 0.05) is 37.2 Å². The number of hydrogen-bond donors (Lipinski definition) is 1.